The standard InChI is InChI=1S/C8H11N3OS/c1-5-9-8(11-10-5)13-7-4-2-3-6(7)12/h7H,2-4H2,1H3,(H,9,10,11). The normalized spacial score (nSPS) is 22.5. The molecule has 1 atom stereocenters. The number of carbonyl (C=O) groups excluding carboxylic acids is 1. The number of hydrogen-bond donors (Lipinski definition) is 1. The van der Waals surface area contributed by atoms with Gasteiger partial charge in [0.25, 0.3) is 0 Å². The first kappa shape index (κ1) is 8.74. The molecule has 0 aromatic carbocycles. The van der Waals surface area contributed by atoms with Gasteiger partial charge in [0.2, 0.25) is 5.16 Å². The second-order valence-corrected chi connectivity index (χ2v) is 4.34. The van der Waals surface area contributed by atoms with Gasteiger partial charge in [-0.2, -0.15) is 0 Å². The van der Waals surface area contributed by atoms with E-state index in [0.29, 0.717) is 10.9 Å². The molecular formula is C8H11N3OS. The predicted molar refractivity (Wildman–Crippen MR) is 49.6 cm³/mol. The van der Waals surface area contributed by atoms with Gasteiger partial charge in [-0.15, -0.1) is 5.10 Å². The zero-order valence-electron chi connectivity index (χ0n) is 7.41. The molecule has 0 radical (unpaired) electrons. The molecule has 0 saturated heterocycles. The van der Waals surface area contributed by atoms with Crippen LogP contribution in [0.2, 0.25) is 0 Å². The first-order valence-corrected chi connectivity index (χ1v) is 5.22. The van der Waals surface area contributed by atoms with Crippen LogP contribution in [-0.4, -0.2) is 26.2 Å². The Bertz CT molecular complexity index is 323. The number of thioether (sulfide) groups is 1. The van der Waals surface area contributed by atoms with Gasteiger partial charge in [0, 0.05) is 6.42 Å². The SMILES string of the molecule is Cc1nc(SC2CCCC2=O)n[nH]1. The molecule has 1 aliphatic carbocycles. The Morgan fingerprint density at radius 1 is 1.62 bits per heavy atom. The molecule has 1 heterocycles. The van der Waals surface area contributed by atoms with E-state index < -0.39 is 0 Å². The Labute approximate surface area is 80.5 Å². The molecule has 0 aliphatic heterocycles. The van der Waals surface area contributed by atoms with Gasteiger partial charge in [0.05, 0.1) is 5.25 Å². The number of nitrogens with one attached hydrogen (secondary N) is 1. The Balaban J connectivity index is 2.01. The van der Waals surface area contributed by atoms with Gasteiger partial charge in [-0.3, -0.25) is 9.89 Å². The maximum absolute atomic E-state index is 11.3. The van der Waals surface area contributed by atoms with E-state index in [1.165, 1.54) is 11.8 Å². The molecule has 4 nitrogen and oxygen atoms in total. The zero-order chi connectivity index (χ0) is 9.26. The molecule has 1 aromatic heterocycles. The van der Waals surface area contributed by atoms with Crippen LogP contribution in [0.3, 0.4) is 0 Å². The van der Waals surface area contributed by atoms with Gasteiger partial charge in [0.15, 0.2) is 0 Å². The molecule has 0 spiro atoms. The zero-order valence-corrected chi connectivity index (χ0v) is 8.23. The minimum atomic E-state index is 0.0928. The van der Waals surface area contributed by atoms with Crippen LogP contribution in [0.1, 0.15) is 25.1 Å². The number of rotatable bonds is 2. The van der Waals surface area contributed by atoms with E-state index >= 15 is 0 Å². The topological polar surface area (TPSA) is 58.6 Å². The Morgan fingerprint density at radius 3 is 3.00 bits per heavy atom. The second kappa shape index (κ2) is 3.49. The fourth-order valence-electron chi connectivity index (χ4n) is 1.41. The molecule has 2 rings (SSSR count). The average molecular weight is 197 g/mol. The maximum atomic E-state index is 11.3. The monoisotopic (exact) mass is 197 g/mol. The lowest BCUT2D eigenvalue weighted by Gasteiger charge is -2.01. The first-order chi connectivity index (χ1) is 6.25. The van der Waals surface area contributed by atoms with Crippen molar-refractivity contribution in [2.75, 3.05) is 0 Å². The number of H-pyrrole nitrogens is 1. The summed E-state index contributed by atoms with van der Waals surface area (Å²) in [6.07, 6.45) is 2.71. The highest BCUT2D eigenvalue weighted by atomic mass is 32.2. The molecule has 1 aliphatic rings. The lowest BCUT2D eigenvalue weighted by Crippen LogP contribution is -2.08. The highest BCUT2D eigenvalue weighted by molar-refractivity contribution is 8.00. The number of ketones is 1. The van der Waals surface area contributed by atoms with Gasteiger partial charge in [-0.05, 0) is 19.8 Å². The number of aromatic amines is 1. The molecule has 70 valence electrons. The van der Waals surface area contributed by atoms with Crippen LogP contribution in [0.5, 0.6) is 0 Å². The van der Waals surface area contributed by atoms with E-state index in [1.807, 2.05) is 6.92 Å². The Hall–Kier alpha value is -0.840. The molecule has 5 heteroatoms. The third kappa shape index (κ3) is 1.91. The summed E-state index contributed by atoms with van der Waals surface area (Å²) in [6, 6.07) is 0. The molecule has 1 N–H and O–H groups in total. The predicted octanol–water partition coefficient (Wildman–Crippen LogP) is 1.33. The fraction of sp³-hybridized carbons (Fsp3) is 0.625. The smallest absolute Gasteiger partial charge is 0.209 e. The minimum absolute atomic E-state index is 0.0928. The summed E-state index contributed by atoms with van der Waals surface area (Å²) in [5, 5.41) is 7.54. The highest BCUT2D eigenvalue weighted by Gasteiger charge is 2.26. The van der Waals surface area contributed by atoms with E-state index in [4.69, 9.17) is 0 Å². The molecule has 1 unspecified atom stereocenters. The largest absolute Gasteiger partial charge is 0.298 e. The molecule has 1 saturated carbocycles. The average Bonchev–Trinajstić information content (AvgIpc) is 2.64. The van der Waals surface area contributed by atoms with Crippen molar-refractivity contribution >= 4 is 17.5 Å². The van der Waals surface area contributed by atoms with Gasteiger partial charge in [-0.1, -0.05) is 11.8 Å². The fourth-order valence-corrected chi connectivity index (χ4v) is 2.49. The van der Waals surface area contributed by atoms with Crippen LogP contribution < -0.4 is 0 Å². The Kier molecular flexibility index (Phi) is 2.35. The summed E-state index contributed by atoms with van der Waals surface area (Å²) in [4.78, 5) is 15.5. The number of aryl methyl sites for hydroxylation is 1. The Morgan fingerprint density at radius 2 is 2.46 bits per heavy atom. The van der Waals surface area contributed by atoms with E-state index in [1.54, 1.807) is 0 Å². The van der Waals surface area contributed by atoms with Crippen LogP contribution in [0.4, 0.5) is 0 Å². The summed E-state index contributed by atoms with van der Waals surface area (Å²) in [6.45, 7) is 1.85. The third-order valence-corrected chi connectivity index (χ3v) is 3.25. The van der Waals surface area contributed by atoms with Gasteiger partial charge >= 0.3 is 0 Å². The molecule has 1 aromatic rings. The molecule has 0 amide bonds. The maximum Gasteiger partial charge on any atom is 0.209 e. The van der Waals surface area contributed by atoms with Gasteiger partial charge in [-0.25, -0.2) is 4.98 Å². The number of Topliss-reactive ketones (excluding diaryl/α,β-unsaturated/α-hetero) is 1. The third-order valence-electron chi connectivity index (χ3n) is 2.07. The van der Waals surface area contributed by atoms with Crippen molar-refractivity contribution in [1.29, 1.82) is 0 Å². The highest BCUT2D eigenvalue weighted by Crippen LogP contribution is 2.30. The van der Waals surface area contributed by atoms with Crippen molar-refractivity contribution in [2.24, 2.45) is 0 Å². The van der Waals surface area contributed by atoms with Crippen molar-refractivity contribution in [1.82, 2.24) is 15.2 Å². The van der Waals surface area contributed by atoms with Crippen molar-refractivity contribution in [3.8, 4) is 0 Å². The summed E-state index contributed by atoms with van der Waals surface area (Å²) in [5.41, 5.74) is 0. The van der Waals surface area contributed by atoms with Crippen LogP contribution >= 0.6 is 11.8 Å². The van der Waals surface area contributed by atoms with E-state index in [9.17, 15) is 4.79 Å². The lowest BCUT2D eigenvalue weighted by molar-refractivity contribution is -0.116. The van der Waals surface area contributed by atoms with Crippen molar-refractivity contribution in [2.45, 2.75) is 36.6 Å². The molecule has 0 bridgehead atoms. The lowest BCUT2D eigenvalue weighted by atomic mass is 10.3. The summed E-state index contributed by atoms with van der Waals surface area (Å²) in [5.74, 6) is 1.14. The van der Waals surface area contributed by atoms with Gasteiger partial charge < -0.3 is 0 Å². The first-order valence-electron chi connectivity index (χ1n) is 4.34. The molecular weight excluding hydrogens is 186 g/mol. The van der Waals surface area contributed by atoms with Crippen LogP contribution in [0.25, 0.3) is 0 Å². The molecule has 1 fully saturated rings. The van der Waals surface area contributed by atoms with Crippen LogP contribution in [0.15, 0.2) is 5.16 Å². The summed E-state index contributed by atoms with van der Waals surface area (Å²) < 4.78 is 0. The van der Waals surface area contributed by atoms with Gasteiger partial charge in [0.1, 0.15) is 11.6 Å². The quantitative estimate of drug-likeness (QED) is 0.777. The molecule has 13 heavy (non-hydrogen) atoms. The summed E-state index contributed by atoms with van der Waals surface area (Å²) in [7, 11) is 0. The van der Waals surface area contributed by atoms with Crippen LogP contribution in [0, 0.1) is 6.92 Å². The number of carbonyl (C=O) groups is 1. The second-order valence-electron chi connectivity index (χ2n) is 3.17. The van der Waals surface area contributed by atoms with E-state index in [2.05, 4.69) is 15.2 Å². The number of aromatic nitrogens is 3. The van der Waals surface area contributed by atoms with E-state index in [-0.39, 0.29) is 5.25 Å². The van der Waals surface area contributed by atoms with E-state index in [0.717, 1.165) is 25.1 Å². The van der Waals surface area contributed by atoms with Crippen molar-refractivity contribution in [3.05, 3.63) is 5.82 Å². The van der Waals surface area contributed by atoms with Crippen molar-refractivity contribution in [3.63, 3.8) is 0 Å². The number of nitrogens with zero attached hydrogens (tertiary/aromatic N) is 2. The van der Waals surface area contributed by atoms with Crippen LogP contribution in [-0.2, 0) is 4.79 Å². The minimum Gasteiger partial charge on any atom is -0.298 e. The number of hydrogen-bond acceptors (Lipinski definition) is 4. The summed E-state index contributed by atoms with van der Waals surface area (Å²) >= 11 is 1.48. The van der Waals surface area contributed by atoms with Crippen molar-refractivity contribution < 1.29 is 4.79 Å².